The van der Waals surface area contributed by atoms with Gasteiger partial charge in [0, 0.05) is 0 Å². The maximum atomic E-state index is 9.52. The van der Waals surface area contributed by atoms with E-state index in [1.807, 2.05) is 0 Å². The molecule has 0 aromatic carbocycles. The smallest absolute Gasteiger partial charge is 0.0545 e. The maximum absolute atomic E-state index is 9.52. The highest BCUT2D eigenvalue weighted by Crippen LogP contribution is 2.38. The molecule has 0 aromatic heterocycles. The second-order valence-electron chi connectivity index (χ2n) is 4.27. The molecule has 2 aliphatic rings. The quantitative estimate of drug-likeness (QED) is 0.548. The van der Waals surface area contributed by atoms with Gasteiger partial charge in [-0.15, -0.1) is 0 Å². The van der Waals surface area contributed by atoms with E-state index in [4.69, 9.17) is 0 Å². The Kier molecular flexibility index (Phi) is 2.50. The van der Waals surface area contributed by atoms with Crippen LogP contribution in [0.3, 0.4) is 0 Å². The molecule has 0 aromatic rings. The molecule has 1 fully saturated rings. The van der Waals surface area contributed by atoms with E-state index in [1.54, 1.807) is 0 Å². The number of allylic oxidation sites excluding steroid dienone is 2. The van der Waals surface area contributed by atoms with Crippen molar-refractivity contribution < 1.29 is 5.11 Å². The molecular weight excluding hydrogens is 148 g/mol. The Balaban J connectivity index is 1.98. The Hall–Kier alpha value is -0.300. The van der Waals surface area contributed by atoms with E-state index in [0.29, 0.717) is 0 Å². The second-order valence-corrected chi connectivity index (χ2v) is 4.27. The van der Waals surface area contributed by atoms with Crippen LogP contribution in [0.2, 0.25) is 0 Å². The maximum Gasteiger partial charge on any atom is 0.0545 e. The van der Waals surface area contributed by atoms with E-state index in [9.17, 15) is 5.11 Å². The number of hydrogen-bond acceptors (Lipinski definition) is 1. The van der Waals surface area contributed by atoms with Crippen molar-refractivity contribution in [2.24, 2.45) is 11.8 Å². The molecule has 12 heavy (non-hydrogen) atoms. The van der Waals surface area contributed by atoms with Crippen LogP contribution in [-0.4, -0.2) is 11.2 Å². The molecule has 1 nitrogen and oxygen atoms in total. The van der Waals surface area contributed by atoms with Crippen molar-refractivity contribution in [1.29, 1.82) is 0 Å². The lowest BCUT2D eigenvalue weighted by molar-refractivity contribution is 0.174. The van der Waals surface area contributed by atoms with Gasteiger partial charge in [-0.3, -0.25) is 0 Å². The van der Waals surface area contributed by atoms with E-state index in [1.165, 1.54) is 25.7 Å². The number of aliphatic hydroxyl groups is 1. The minimum Gasteiger partial charge on any atom is -0.393 e. The zero-order chi connectivity index (χ0) is 8.39. The van der Waals surface area contributed by atoms with E-state index < -0.39 is 0 Å². The summed E-state index contributed by atoms with van der Waals surface area (Å²) in [6.45, 7) is 0. The summed E-state index contributed by atoms with van der Waals surface area (Å²) in [6.07, 6.45) is 11.8. The lowest BCUT2D eigenvalue weighted by Gasteiger charge is -2.19. The van der Waals surface area contributed by atoms with Gasteiger partial charge in [-0.25, -0.2) is 0 Å². The molecule has 0 heterocycles. The molecule has 1 heteroatoms. The molecular formula is C11H18O. The van der Waals surface area contributed by atoms with Crippen LogP contribution in [0.1, 0.15) is 38.5 Å². The van der Waals surface area contributed by atoms with Crippen LogP contribution in [-0.2, 0) is 0 Å². The summed E-state index contributed by atoms with van der Waals surface area (Å²) in [5.74, 6) is 1.65. The van der Waals surface area contributed by atoms with Gasteiger partial charge in [-0.1, -0.05) is 12.2 Å². The van der Waals surface area contributed by atoms with Crippen LogP contribution in [0.5, 0.6) is 0 Å². The molecule has 0 spiro atoms. The van der Waals surface area contributed by atoms with Crippen molar-refractivity contribution in [3.8, 4) is 0 Å². The van der Waals surface area contributed by atoms with Gasteiger partial charge in [0.25, 0.3) is 0 Å². The molecule has 2 rings (SSSR count). The molecule has 0 bridgehead atoms. The Labute approximate surface area is 74.5 Å². The molecule has 1 N–H and O–H groups in total. The molecule has 2 unspecified atom stereocenters. The fourth-order valence-corrected chi connectivity index (χ4v) is 2.74. The molecule has 0 saturated heterocycles. The highest BCUT2D eigenvalue weighted by atomic mass is 16.3. The summed E-state index contributed by atoms with van der Waals surface area (Å²) >= 11 is 0. The van der Waals surface area contributed by atoms with E-state index in [-0.39, 0.29) is 6.10 Å². The average Bonchev–Trinajstić information content (AvgIpc) is 2.32. The number of aliphatic hydroxyl groups excluding tert-OH is 1. The Morgan fingerprint density at radius 1 is 0.917 bits per heavy atom. The summed E-state index contributed by atoms with van der Waals surface area (Å²) < 4.78 is 0. The number of hydrogen-bond donors (Lipinski definition) is 1. The van der Waals surface area contributed by atoms with Gasteiger partial charge in [0.1, 0.15) is 0 Å². The standard InChI is InChI=1S/C11H18O/c12-11-7-9-5-3-1-2-4-6-10(9)8-11/h1-2,9-12H,3-8H2/b2-1-. The predicted octanol–water partition coefficient (Wildman–Crippen LogP) is 2.50. The lowest BCUT2D eigenvalue weighted by atomic mass is 9.86. The minimum absolute atomic E-state index is 0.0121. The van der Waals surface area contributed by atoms with Gasteiger partial charge < -0.3 is 5.11 Å². The van der Waals surface area contributed by atoms with Gasteiger partial charge >= 0.3 is 0 Å². The SMILES string of the molecule is OC1CC2CC/C=C\CCC2C1. The fourth-order valence-electron chi connectivity index (χ4n) is 2.74. The van der Waals surface area contributed by atoms with Crippen LogP contribution in [0.4, 0.5) is 0 Å². The Morgan fingerprint density at radius 2 is 1.42 bits per heavy atom. The van der Waals surface area contributed by atoms with Gasteiger partial charge in [-0.2, -0.15) is 0 Å². The van der Waals surface area contributed by atoms with Crippen molar-refractivity contribution in [3.05, 3.63) is 12.2 Å². The van der Waals surface area contributed by atoms with E-state index in [2.05, 4.69) is 12.2 Å². The number of rotatable bonds is 0. The molecule has 0 aliphatic heterocycles. The van der Waals surface area contributed by atoms with Gasteiger partial charge in [0.2, 0.25) is 0 Å². The van der Waals surface area contributed by atoms with Crippen molar-refractivity contribution in [2.75, 3.05) is 0 Å². The van der Waals surface area contributed by atoms with Gasteiger partial charge in [-0.05, 0) is 50.4 Å². The van der Waals surface area contributed by atoms with Crippen molar-refractivity contribution in [2.45, 2.75) is 44.6 Å². The van der Waals surface area contributed by atoms with Gasteiger partial charge in [0.05, 0.1) is 6.10 Å². The number of fused-ring (bicyclic) bond motifs is 1. The Morgan fingerprint density at radius 3 is 1.92 bits per heavy atom. The zero-order valence-corrected chi connectivity index (χ0v) is 7.58. The average molecular weight is 166 g/mol. The van der Waals surface area contributed by atoms with Crippen LogP contribution in [0, 0.1) is 11.8 Å². The third-order valence-corrected chi connectivity index (χ3v) is 3.39. The van der Waals surface area contributed by atoms with Crippen LogP contribution in [0.25, 0.3) is 0 Å². The first-order chi connectivity index (χ1) is 5.86. The van der Waals surface area contributed by atoms with E-state index >= 15 is 0 Å². The molecule has 68 valence electrons. The topological polar surface area (TPSA) is 20.2 Å². The first kappa shape index (κ1) is 8.31. The molecule has 0 radical (unpaired) electrons. The summed E-state index contributed by atoms with van der Waals surface area (Å²) in [7, 11) is 0. The van der Waals surface area contributed by atoms with Crippen LogP contribution >= 0.6 is 0 Å². The predicted molar refractivity (Wildman–Crippen MR) is 49.8 cm³/mol. The first-order valence-electron chi connectivity index (χ1n) is 5.19. The van der Waals surface area contributed by atoms with E-state index in [0.717, 1.165) is 24.7 Å². The minimum atomic E-state index is 0.0121. The van der Waals surface area contributed by atoms with Crippen LogP contribution < -0.4 is 0 Å². The summed E-state index contributed by atoms with van der Waals surface area (Å²) in [5.41, 5.74) is 0. The molecule has 2 atom stereocenters. The van der Waals surface area contributed by atoms with Crippen LogP contribution in [0.15, 0.2) is 12.2 Å². The van der Waals surface area contributed by atoms with Gasteiger partial charge in [0.15, 0.2) is 0 Å². The zero-order valence-electron chi connectivity index (χ0n) is 7.58. The summed E-state index contributed by atoms with van der Waals surface area (Å²) in [4.78, 5) is 0. The fraction of sp³-hybridized carbons (Fsp3) is 0.818. The largest absolute Gasteiger partial charge is 0.393 e. The van der Waals surface area contributed by atoms with Crippen molar-refractivity contribution >= 4 is 0 Å². The summed E-state index contributed by atoms with van der Waals surface area (Å²) in [6, 6.07) is 0. The first-order valence-corrected chi connectivity index (χ1v) is 5.19. The van der Waals surface area contributed by atoms with Crippen molar-refractivity contribution in [1.82, 2.24) is 0 Å². The second kappa shape index (κ2) is 3.61. The third-order valence-electron chi connectivity index (χ3n) is 3.39. The lowest BCUT2D eigenvalue weighted by Crippen LogP contribution is -2.08. The Bertz CT molecular complexity index is 156. The monoisotopic (exact) mass is 166 g/mol. The normalized spacial score (nSPS) is 44.6. The highest BCUT2D eigenvalue weighted by Gasteiger charge is 2.32. The molecule has 2 aliphatic carbocycles. The molecule has 0 amide bonds. The third kappa shape index (κ3) is 1.71. The molecule has 1 saturated carbocycles. The highest BCUT2D eigenvalue weighted by molar-refractivity contribution is 4.91. The summed E-state index contributed by atoms with van der Waals surface area (Å²) in [5, 5.41) is 9.52. The van der Waals surface area contributed by atoms with Crippen molar-refractivity contribution in [3.63, 3.8) is 0 Å².